The van der Waals surface area contributed by atoms with Crippen molar-refractivity contribution in [1.82, 2.24) is 9.97 Å². The highest BCUT2D eigenvalue weighted by Crippen LogP contribution is 2.12. The maximum Gasteiger partial charge on any atom is 0.343 e. The predicted octanol–water partition coefficient (Wildman–Crippen LogP) is 1.50. The molecule has 0 spiro atoms. The van der Waals surface area contributed by atoms with E-state index in [1.165, 1.54) is 6.20 Å². The summed E-state index contributed by atoms with van der Waals surface area (Å²) in [5.41, 5.74) is -0.0490. The van der Waals surface area contributed by atoms with Crippen molar-refractivity contribution >= 4 is 17.0 Å². The number of nitrogens with zero attached hydrogens (tertiary/aromatic N) is 1. The molecule has 0 aliphatic carbocycles. The monoisotopic (exact) mass is 262 g/mol. The molecule has 0 saturated carbocycles. The van der Waals surface area contributed by atoms with Crippen LogP contribution in [0.15, 0.2) is 23.1 Å². The van der Waals surface area contributed by atoms with E-state index in [9.17, 15) is 9.59 Å². The molecule has 0 aromatic carbocycles. The first-order valence-electron chi connectivity index (χ1n) is 5.99. The van der Waals surface area contributed by atoms with Crippen LogP contribution in [0.25, 0.3) is 11.0 Å². The van der Waals surface area contributed by atoms with E-state index < -0.39 is 11.4 Å². The molecule has 2 heterocycles. The lowest BCUT2D eigenvalue weighted by Gasteiger charge is -2.05. The van der Waals surface area contributed by atoms with Gasteiger partial charge < -0.3 is 14.5 Å². The third-order valence-electron chi connectivity index (χ3n) is 2.50. The number of nitrogens with one attached hydrogen (secondary N) is 1. The Morgan fingerprint density at radius 3 is 2.79 bits per heavy atom. The summed E-state index contributed by atoms with van der Waals surface area (Å²) in [6.45, 7) is 4.24. The topological polar surface area (TPSA) is 81.3 Å². The molecule has 2 rings (SSSR count). The van der Waals surface area contributed by atoms with Gasteiger partial charge in [0, 0.05) is 12.3 Å². The molecule has 2 aromatic heterocycles. The Kier molecular flexibility index (Phi) is 3.79. The number of hydrogen-bond donors (Lipinski definition) is 1. The van der Waals surface area contributed by atoms with Gasteiger partial charge in [-0.2, -0.15) is 4.98 Å². The Labute approximate surface area is 109 Å². The van der Waals surface area contributed by atoms with Crippen molar-refractivity contribution < 1.29 is 14.3 Å². The van der Waals surface area contributed by atoms with Gasteiger partial charge in [0.25, 0.3) is 0 Å². The van der Waals surface area contributed by atoms with Crippen LogP contribution in [0.1, 0.15) is 24.2 Å². The lowest BCUT2D eigenvalue weighted by molar-refractivity contribution is 0.0524. The Bertz CT molecular complexity index is 663. The third kappa shape index (κ3) is 2.57. The highest BCUT2D eigenvalue weighted by Gasteiger charge is 2.14. The van der Waals surface area contributed by atoms with Crippen LogP contribution in [0, 0.1) is 0 Å². The molecule has 2 aromatic rings. The molecule has 6 heteroatoms. The number of aromatic amines is 1. The number of fused-ring (bicyclic) bond motifs is 1. The van der Waals surface area contributed by atoms with Crippen LogP contribution in [0.5, 0.6) is 5.88 Å². The fourth-order valence-corrected chi connectivity index (χ4v) is 1.67. The molecule has 0 saturated heterocycles. The van der Waals surface area contributed by atoms with Crippen molar-refractivity contribution in [2.75, 3.05) is 13.2 Å². The first kappa shape index (κ1) is 13.1. The van der Waals surface area contributed by atoms with Crippen LogP contribution < -0.4 is 10.2 Å². The van der Waals surface area contributed by atoms with E-state index in [0.29, 0.717) is 23.5 Å². The average molecular weight is 262 g/mol. The first-order valence-corrected chi connectivity index (χ1v) is 5.99. The summed E-state index contributed by atoms with van der Waals surface area (Å²) in [4.78, 5) is 30.7. The SMILES string of the molecule is CCOC(=O)c1c[nH]c2nc(OCC)ccc2c1=O. The smallest absolute Gasteiger partial charge is 0.343 e. The molecule has 0 aliphatic heterocycles. The largest absolute Gasteiger partial charge is 0.478 e. The van der Waals surface area contributed by atoms with Gasteiger partial charge in [0.05, 0.1) is 18.6 Å². The molecular formula is C13H14N2O4. The minimum Gasteiger partial charge on any atom is -0.478 e. The third-order valence-corrected chi connectivity index (χ3v) is 2.50. The molecule has 19 heavy (non-hydrogen) atoms. The van der Waals surface area contributed by atoms with Gasteiger partial charge >= 0.3 is 5.97 Å². The van der Waals surface area contributed by atoms with E-state index in [0.717, 1.165) is 0 Å². The van der Waals surface area contributed by atoms with Crippen molar-refractivity contribution in [3.63, 3.8) is 0 Å². The molecule has 0 aliphatic rings. The van der Waals surface area contributed by atoms with Gasteiger partial charge in [-0.1, -0.05) is 0 Å². The van der Waals surface area contributed by atoms with Gasteiger partial charge in [-0.3, -0.25) is 4.79 Å². The summed E-state index contributed by atoms with van der Waals surface area (Å²) < 4.78 is 10.1. The lowest BCUT2D eigenvalue weighted by atomic mass is 10.2. The molecular weight excluding hydrogens is 248 g/mol. The normalized spacial score (nSPS) is 10.4. The summed E-state index contributed by atoms with van der Waals surface area (Å²) in [5.74, 6) is -0.214. The minimum atomic E-state index is -0.639. The van der Waals surface area contributed by atoms with Gasteiger partial charge in [0.1, 0.15) is 11.2 Å². The number of ether oxygens (including phenoxy) is 2. The molecule has 0 bridgehead atoms. The standard InChI is InChI=1S/C13H14N2O4/c1-3-18-10-6-5-8-11(16)9(13(17)19-4-2)7-14-12(8)15-10/h5-7H,3-4H2,1-2H3,(H,14,15,16). The molecule has 100 valence electrons. The number of aromatic nitrogens is 2. The second kappa shape index (κ2) is 5.51. The fourth-order valence-electron chi connectivity index (χ4n) is 1.67. The summed E-state index contributed by atoms with van der Waals surface area (Å²) in [6, 6.07) is 3.17. The number of rotatable bonds is 4. The van der Waals surface area contributed by atoms with E-state index >= 15 is 0 Å². The number of pyridine rings is 2. The van der Waals surface area contributed by atoms with Gasteiger partial charge in [-0.15, -0.1) is 0 Å². The van der Waals surface area contributed by atoms with Crippen LogP contribution in [-0.2, 0) is 4.74 Å². The summed E-state index contributed by atoms with van der Waals surface area (Å²) >= 11 is 0. The lowest BCUT2D eigenvalue weighted by Crippen LogP contribution is -2.18. The summed E-state index contributed by atoms with van der Waals surface area (Å²) in [6.07, 6.45) is 1.31. The van der Waals surface area contributed by atoms with Crippen LogP contribution in [0.4, 0.5) is 0 Å². The number of carbonyl (C=O) groups is 1. The van der Waals surface area contributed by atoms with Crippen LogP contribution in [0.3, 0.4) is 0 Å². The van der Waals surface area contributed by atoms with E-state index in [1.54, 1.807) is 19.1 Å². The molecule has 6 nitrogen and oxygen atoms in total. The minimum absolute atomic E-state index is 0.0275. The van der Waals surface area contributed by atoms with E-state index in [1.807, 2.05) is 6.92 Å². The molecule has 1 N–H and O–H groups in total. The van der Waals surface area contributed by atoms with Crippen molar-refractivity contribution in [2.24, 2.45) is 0 Å². The highest BCUT2D eigenvalue weighted by atomic mass is 16.5. The Hall–Kier alpha value is -2.37. The zero-order valence-electron chi connectivity index (χ0n) is 10.7. The fraction of sp³-hybridized carbons (Fsp3) is 0.308. The maximum atomic E-state index is 12.1. The van der Waals surface area contributed by atoms with Crippen LogP contribution in [0.2, 0.25) is 0 Å². The molecule has 0 radical (unpaired) electrons. The van der Waals surface area contributed by atoms with Gasteiger partial charge in [-0.25, -0.2) is 4.79 Å². The van der Waals surface area contributed by atoms with Crippen molar-refractivity contribution in [2.45, 2.75) is 13.8 Å². The number of esters is 1. The van der Waals surface area contributed by atoms with Gasteiger partial charge in [0.2, 0.25) is 11.3 Å². The van der Waals surface area contributed by atoms with E-state index in [-0.39, 0.29) is 12.2 Å². The zero-order chi connectivity index (χ0) is 13.8. The second-order valence-electron chi connectivity index (χ2n) is 3.73. The molecule has 0 atom stereocenters. The quantitative estimate of drug-likeness (QED) is 0.844. The van der Waals surface area contributed by atoms with E-state index in [2.05, 4.69) is 9.97 Å². The van der Waals surface area contributed by atoms with Crippen molar-refractivity contribution in [3.8, 4) is 5.88 Å². The number of carbonyl (C=O) groups excluding carboxylic acids is 1. The van der Waals surface area contributed by atoms with Crippen LogP contribution >= 0.6 is 0 Å². The second-order valence-corrected chi connectivity index (χ2v) is 3.73. The van der Waals surface area contributed by atoms with Gasteiger partial charge in [0.15, 0.2) is 0 Å². The van der Waals surface area contributed by atoms with Gasteiger partial charge in [-0.05, 0) is 19.9 Å². The Morgan fingerprint density at radius 1 is 1.32 bits per heavy atom. The number of hydrogen-bond acceptors (Lipinski definition) is 5. The first-order chi connectivity index (χ1) is 9.17. The molecule has 0 unspecified atom stereocenters. The Morgan fingerprint density at radius 2 is 2.11 bits per heavy atom. The average Bonchev–Trinajstić information content (AvgIpc) is 2.39. The zero-order valence-corrected chi connectivity index (χ0v) is 10.7. The van der Waals surface area contributed by atoms with Crippen molar-refractivity contribution in [3.05, 3.63) is 34.1 Å². The van der Waals surface area contributed by atoms with E-state index in [4.69, 9.17) is 9.47 Å². The predicted molar refractivity (Wildman–Crippen MR) is 69.5 cm³/mol. The summed E-state index contributed by atoms with van der Waals surface area (Å²) in [5, 5.41) is 0.328. The molecule has 0 fully saturated rings. The summed E-state index contributed by atoms with van der Waals surface area (Å²) in [7, 11) is 0. The van der Waals surface area contributed by atoms with Crippen LogP contribution in [-0.4, -0.2) is 29.2 Å². The highest BCUT2D eigenvalue weighted by molar-refractivity contribution is 5.92. The van der Waals surface area contributed by atoms with Crippen molar-refractivity contribution in [1.29, 1.82) is 0 Å². The molecule has 0 amide bonds. The Balaban J connectivity index is 2.51. The number of H-pyrrole nitrogens is 1. The maximum absolute atomic E-state index is 12.1.